The highest BCUT2D eigenvalue weighted by Gasteiger charge is 2.09. The third kappa shape index (κ3) is 3.81. The van der Waals surface area contributed by atoms with E-state index in [2.05, 4.69) is 30.4 Å². The normalized spacial score (nSPS) is 12.4. The van der Waals surface area contributed by atoms with Crippen molar-refractivity contribution in [1.29, 1.82) is 0 Å². The maximum absolute atomic E-state index is 9.51. The maximum Gasteiger partial charge on any atom is 0.258 e. The van der Waals surface area contributed by atoms with Crippen LogP contribution in [0.25, 0.3) is 5.95 Å². The van der Waals surface area contributed by atoms with E-state index in [-0.39, 0.29) is 30.3 Å². The number of methoxy groups -OCH3 is 1. The third-order valence-electron chi connectivity index (χ3n) is 2.07. The Bertz CT molecular complexity index is 521. The highest BCUT2D eigenvalue weighted by atomic mass is 35.5. The summed E-state index contributed by atoms with van der Waals surface area (Å²) in [4.78, 5) is 15.7. The van der Waals surface area contributed by atoms with Crippen LogP contribution in [0.1, 0.15) is 0 Å². The Balaban J connectivity index is 2.09. The summed E-state index contributed by atoms with van der Waals surface area (Å²) in [5.74, 6) is 0.474. The third-order valence-corrected chi connectivity index (χ3v) is 2.24. The molecule has 0 radical (unpaired) electrons. The van der Waals surface area contributed by atoms with Gasteiger partial charge in [0.2, 0.25) is 11.2 Å². The molecule has 1 atom stereocenters. The molecule has 2 heterocycles. The Labute approximate surface area is 113 Å². The fourth-order valence-corrected chi connectivity index (χ4v) is 1.45. The van der Waals surface area contributed by atoms with Crippen molar-refractivity contribution in [3.05, 3.63) is 17.9 Å². The summed E-state index contributed by atoms with van der Waals surface area (Å²) in [5.41, 5.74) is 0. The van der Waals surface area contributed by atoms with Crippen LogP contribution >= 0.6 is 11.6 Å². The summed E-state index contributed by atoms with van der Waals surface area (Å²) in [6.07, 6.45) is 2.12. The number of ether oxygens (including phenoxy) is 1. The number of aromatic nitrogens is 6. The van der Waals surface area contributed by atoms with Crippen molar-refractivity contribution in [2.45, 2.75) is 6.10 Å². The molecule has 0 aliphatic rings. The van der Waals surface area contributed by atoms with Gasteiger partial charge in [0, 0.05) is 13.7 Å². The molecule has 0 aliphatic heterocycles. The number of aliphatic hydroxyl groups is 1. The van der Waals surface area contributed by atoms with Gasteiger partial charge in [0.05, 0.1) is 12.7 Å². The van der Waals surface area contributed by atoms with E-state index in [4.69, 9.17) is 16.3 Å². The van der Waals surface area contributed by atoms with E-state index in [1.165, 1.54) is 24.4 Å². The quantitative estimate of drug-likeness (QED) is 0.732. The van der Waals surface area contributed by atoms with Crippen LogP contribution in [-0.4, -0.2) is 61.2 Å². The lowest BCUT2D eigenvalue weighted by Gasteiger charge is -2.11. The van der Waals surface area contributed by atoms with E-state index < -0.39 is 6.10 Å². The van der Waals surface area contributed by atoms with Crippen molar-refractivity contribution in [3.63, 3.8) is 0 Å². The van der Waals surface area contributed by atoms with Gasteiger partial charge in [0.1, 0.15) is 12.7 Å². The van der Waals surface area contributed by atoms with Gasteiger partial charge in [-0.25, -0.2) is 4.98 Å². The minimum atomic E-state index is -0.671. The molecule has 10 heteroatoms. The van der Waals surface area contributed by atoms with Gasteiger partial charge in [-0.2, -0.15) is 24.7 Å². The lowest BCUT2D eigenvalue weighted by molar-refractivity contribution is 0.0726. The second-order valence-corrected chi connectivity index (χ2v) is 3.90. The standard InChI is InChI=1S/C9H12ClN7O2/c1-19-3-6(18)2-12-8-14-7(10)15-9(16-8)17-5-11-4-13-17/h4-6,18H,2-3H2,1H3,(H,12,14,15,16). The van der Waals surface area contributed by atoms with Crippen molar-refractivity contribution in [3.8, 4) is 5.95 Å². The summed E-state index contributed by atoms with van der Waals surface area (Å²) >= 11 is 5.79. The molecule has 9 nitrogen and oxygen atoms in total. The van der Waals surface area contributed by atoms with Crippen molar-refractivity contribution in [2.24, 2.45) is 0 Å². The van der Waals surface area contributed by atoms with Crippen LogP contribution in [0.3, 0.4) is 0 Å². The molecule has 2 N–H and O–H groups in total. The van der Waals surface area contributed by atoms with Crippen LogP contribution in [0, 0.1) is 0 Å². The van der Waals surface area contributed by atoms with Gasteiger partial charge in [-0.1, -0.05) is 0 Å². The van der Waals surface area contributed by atoms with Crippen molar-refractivity contribution < 1.29 is 9.84 Å². The Morgan fingerprint density at radius 3 is 3.00 bits per heavy atom. The first-order valence-electron chi connectivity index (χ1n) is 5.36. The predicted molar refractivity (Wildman–Crippen MR) is 66.1 cm³/mol. The van der Waals surface area contributed by atoms with Crippen LogP contribution in [0.4, 0.5) is 5.95 Å². The predicted octanol–water partition coefficient (Wildman–Crippen LogP) is -0.475. The largest absolute Gasteiger partial charge is 0.389 e. The summed E-state index contributed by atoms with van der Waals surface area (Å²) < 4.78 is 6.16. The minimum Gasteiger partial charge on any atom is -0.389 e. The Hall–Kier alpha value is -1.84. The molecule has 102 valence electrons. The van der Waals surface area contributed by atoms with Crippen LogP contribution < -0.4 is 5.32 Å². The molecule has 2 aromatic heterocycles. The average Bonchev–Trinajstić information content (AvgIpc) is 2.90. The van der Waals surface area contributed by atoms with Gasteiger partial charge in [0.15, 0.2) is 0 Å². The fraction of sp³-hybridized carbons (Fsp3) is 0.444. The number of aliphatic hydroxyl groups excluding tert-OH is 1. The first-order valence-corrected chi connectivity index (χ1v) is 5.74. The van der Waals surface area contributed by atoms with Crippen molar-refractivity contribution in [2.75, 3.05) is 25.6 Å². The van der Waals surface area contributed by atoms with Crippen LogP contribution in [0.5, 0.6) is 0 Å². The van der Waals surface area contributed by atoms with Gasteiger partial charge < -0.3 is 15.2 Å². The average molecular weight is 286 g/mol. The second-order valence-electron chi connectivity index (χ2n) is 3.56. The van der Waals surface area contributed by atoms with Crippen molar-refractivity contribution >= 4 is 17.5 Å². The topological polar surface area (TPSA) is 111 Å². The fourth-order valence-electron chi connectivity index (χ4n) is 1.29. The monoisotopic (exact) mass is 285 g/mol. The SMILES string of the molecule is COCC(O)CNc1nc(Cl)nc(-n2cncn2)n1. The van der Waals surface area contributed by atoms with Gasteiger partial charge >= 0.3 is 0 Å². The van der Waals surface area contributed by atoms with Crippen LogP contribution in [0.15, 0.2) is 12.7 Å². The van der Waals surface area contributed by atoms with Gasteiger partial charge in [-0.3, -0.25) is 0 Å². The van der Waals surface area contributed by atoms with E-state index in [0.29, 0.717) is 0 Å². The van der Waals surface area contributed by atoms with E-state index in [9.17, 15) is 5.11 Å². The second kappa shape index (κ2) is 6.36. The minimum absolute atomic E-state index is 0.0178. The molecule has 0 saturated carbocycles. The first kappa shape index (κ1) is 13.6. The Kier molecular flexibility index (Phi) is 4.55. The molecule has 0 spiro atoms. The molecule has 0 aromatic carbocycles. The summed E-state index contributed by atoms with van der Waals surface area (Å²) in [6.45, 7) is 0.437. The zero-order valence-corrected chi connectivity index (χ0v) is 10.8. The molecule has 0 saturated heterocycles. The molecule has 1 unspecified atom stereocenters. The highest BCUT2D eigenvalue weighted by molar-refractivity contribution is 6.28. The zero-order valence-electron chi connectivity index (χ0n) is 10.1. The molecule has 0 amide bonds. The molecule has 0 bridgehead atoms. The number of nitrogens with one attached hydrogen (secondary N) is 1. The molecule has 2 rings (SSSR count). The van der Waals surface area contributed by atoms with Gasteiger partial charge in [-0.05, 0) is 11.6 Å². The lowest BCUT2D eigenvalue weighted by atomic mass is 10.4. The van der Waals surface area contributed by atoms with Crippen LogP contribution in [-0.2, 0) is 4.74 Å². The maximum atomic E-state index is 9.51. The number of nitrogens with zero attached hydrogens (tertiary/aromatic N) is 6. The number of hydrogen-bond donors (Lipinski definition) is 2. The molecular weight excluding hydrogens is 274 g/mol. The summed E-state index contributed by atoms with van der Waals surface area (Å²) in [5, 5.41) is 16.3. The van der Waals surface area contributed by atoms with E-state index in [1.54, 1.807) is 0 Å². The first-order chi connectivity index (χ1) is 9.19. The molecule has 0 aliphatic carbocycles. The molecule has 19 heavy (non-hydrogen) atoms. The summed E-state index contributed by atoms with van der Waals surface area (Å²) in [6, 6.07) is 0. The molecule has 0 fully saturated rings. The number of anilines is 1. The molecule has 2 aromatic rings. The number of halogens is 1. The number of rotatable bonds is 6. The highest BCUT2D eigenvalue weighted by Crippen LogP contribution is 2.08. The van der Waals surface area contributed by atoms with Gasteiger partial charge in [0.25, 0.3) is 5.95 Å². The van der Waals surface area contributed by atoms with E-state index in [0.717, 1.165) is 0 Å². The van der Waals surface area contributed by atoms with Crippen molar-refractivity contribution in [1.82, 2.24) is 29.7 Å². The summed E-state index contributed by atoms with van der Waals surface area (Å²) in [7, 11) is 1.51. The number of hydrogen-bond acceptors (Lipinski definition) is 8. The van der Waals surface area contributed by atoms with E-state index in [1.807, 2.05) is 0 Å². The van der Waals surface area contributed by atoms with Gasteiger partial charge in [-0.15, -0.1) is 0 Å². The smallest absolute Gasteiger partial charge is 0.258 e. The molecular formula is C9H12ClN7O2. The Morgan fingerprint density at radius 2 is 2.32 bits per heavy atom. The Morgan fingerprint density at radius 1 is 1.47 bits per heavy atom. The zero-order chi connectivity index (χ0) is 13.7. The van der Waals surface area contributed by atoms with E-state index >= 15 is 0 Å². The lowest BCUT2D eigenvalue weighted by Crippen LogP contribution is -2.25. The van der Waals surface area contributed by atoms with Crippen LogP contribution in [0.2, 0.25) is 5.28 Å².